The summed E-state index contributed by atoms with van der Waals surface area (Å²) in [5.74, 6) is -7.54. The van der Waals surface area contributed by atoms with Crippen LogP contribution in [0.2, 0.25) is 10.0 Å². The molecule has 2 spiro atoms. The van der Waals surface area contributed by atoms with E-state index >= 15 is 0 Å². The fourth-order valence-corrected chi connectivity index (χ4v) is 17.5. The molecule has 0 bridgehead atoms. The van der Waals surface area contributed by atoms with Gasteiger partial charge in [0.2, 0.25) is 0 Å². The van der Waals surface area contributed by atoms with Gasteiger partial charge in [0.15, 0.2) is 73.7 Å². The third-order valence-corrected chi connectivity index (χ3v) is 23.3. The minimum atomic E-state index is -2.06. The highest BCUT2D eigenvalue weighted by atomic mass is 35.5. The number of phenolic OH excluding ortho intramolecular Hbond substituents is 3. The number of nitrogens with zero attached hydrogens (tertiary/aromatic N) is 1. The summed E-state index contributed by atoms with van der Waals surface area (Å²) in [4.78, 5) is 39.8. The van der Waals surface area contributed by atoms with Crippen LogP contribution >= 0.6 is 23.2 Å². The highest BCUT2D eigenvalue weighted by Gasteiger charge is 2.70. The van der Waals surface area contributed by atoms with Crippen LogP contribution in [0.15, 0.2) is 12.1 Å². The van der Waals surface area contributed by atoms with E-state index in [1.807, 2.05) is 0 Å². The van der Waals surface area contributed by atoms with Crippen LogP contribution in [0.25, 0.3) is 0 Å². The van der Waals surface area contributed by atoms with Crippen LogP contribution in [-0.4, -0.2) is 333 Å². The standard InChI is InChI=1S/C70H97Cl2NO38/c1-24-15-31(74)16-32(75)40(24)61(82)100-36-22-94-70(60-53(36)92-23-93-60)108-37-21-91-63(46(79)52(37)109-70)106-65-56(89-13)45(78)51(35(101-65)20-86-10)104-64-47(80)55(50(87-11)27(4)97-64)105-66-57(81)68(9)59(30(7)98-66)110-69(111-68)18-33(76)48(28(5)107-69)102-38-17-34(99-39-19-67(8,73(84)85)58(90-14)29(6)96-39)49(26(3)95-38)103-62(83)41-25(2)42(71)44(77)43(72)54(41)88-12/h15-16,26-30,33-39,45-53,55-60,63-66,74-81H,17-23H2,1-14H3/t26-,27-,28-,29+,30-,33-,34-,35-,36?,37+,38+,39+,45+,46-,47-,48-,49-,50+,51-,52-,53+,55-,56+,57-,58+,59-,60-,63+,64+,65+,66+,67+,68-,69+,70-/m1/s1. The number of esters is 2. The van der Waals surface area contributed by atoms with Gasteiger partial charge in [0.1, 0.15) is 132 Å². The van der Waals surface area contributed by atoms with E-state index in [9.17, 15) is 60.6 Å². The Labute approximate surface area is 645 Å². The Morgan fingerprint density at radius 3 is 1.98 bits per heavy atom. The summed E-state index contributed by atoms with van der Waals surface area (Å²) in [6, 6.07) is 2.28. The fourth-order valence-electron chi connectivity index (χ4n) is 17.0. The molecule has 11 aliphatic heterocycles. The lowest BCUT2D eigenvalue weighted by Crippen LogP contribution is -2.68. The molecule has 111 heavy (non-hydrogen) atoms. The zero-order chi connectivity index (χ0) is 80.2. The minimum absolute atomic E-state index is 0.0700. The van der Waals surface area contributed by atoms with Gasteiger partial charge in [-0.1, -0.05) is 23.2 Å². The summed E-state index contributed by atoms with van der Waals surface area (Å²) in [7, 11) is 6.53. The highest BCUT2D eigenvalue weighted by Crippen LogP contribution is 2.53. The monoisotopic (exact) mass is 1630 g/mol. The van der Waals surface area contributed by atoms with Crippen LogP contribution in [0.4, 0.5) is 0 Å². The SMILES string of the molecule is COC[C@H]1O[C@@H](O[C@@H]2OC[C@@H]3O[C@@]4(OCC(OC(=O)c5c(C)cc(O)cc5O)[C@@H]5OCO[C@H]54)O[C@H]3[C@H]2O)[C@@H](OC)[C@@H](O)[C@@H]1O[C@@H]1O[C@H](C)[C@H](OC)[C@H](O[C@@H]2O[C@H](C)[C@H]3O[C@@]4(C[C@@H](O)[C@H](O[C@H]5C[C@@H](O[C@H]6C[C@](C)([N+](=O)[O-])[C@@H](OC)[C@H](C)O6)[C@H](OC(=O)c6c(C)c(Cl)c(O)c(Cl)c6OC)[C@@H](C)O5)[C@@H](C)O4)O[C@]3(C)[C@@H]2O)[C@H]1O. The molecule has 13 rings (SSSR count). The second-order valence-electron chi connectivity index (χ2n) is 29.9. The first kappa shape index (κ1) is 84.4. The molecular weight excluding hydrogens is 1530 g/mol. The van der Waals surface area contributed by atoms with Crippen LogP contribution in [-0.2, 0) is 118 Å². The molecule has 2 aromatic carbocycles. The maximum absolute atomic E-state index is 14.3. The number of carbonyl (C=O) groups excluding carboxylic acids is 2. The fraction of sp³-hybridized carbons (Fsp3) is 0.800. The largest absolute Gasteiger partial charge is 0.508 e. The van der Waals surface area contributed by atoms with E-state index in [0.717, 1.165) is 6.07 Å². The molecule has 0 aliphatic carbocycles. The number of aliphatic hydroxyl groups excluding tert-OH is 5. The van der Waals surface area contributed by atoms with Crippen molar-refractivity contribution in [3.05, 3.63) is 54.5 Å². The van der Waals surface area contributed by atoms with Gasteiger partial charge in [0, 0.05) is 52.8 Å². The highest BCUT2D eigenvalue weighted by molar-refractivity contribution is 6.39. The molecule has 11 heterocycles. The third kappa shape index (κ3) is 15.5. The zero-order valence-electron chi connectivity index (χ0n) is 63.0. The van der Waals surface area contributed by atoms with Gasteiger partial charge in [0.05, 0.1) is 81.4 Å². The number of carbonyl (C=O) groups is 2. The van der Waals surface area contributed by atoms with Crippen LogP contribution < -0.4 is 4.74 Å². The van der Waals surface area contributed by atoms with Crippen LogP contribution in [0, 0.1) is 24.0 Å². The Morgan fingerprint density at radius 1 is 0.613 bits per heavy atom. The third-order valence-electron chi connectivity index (χ3n) is 22.5. The molecule has 0 saturated carbocycles. The Morgan fingerprint density at radius 2 is 1.31 bits per heavy atom. The van der Waals surface area contributed by atoms with Gasteiger partial charge in [-0.3, -0.25) is 10.1 Å². The van der Waals surface area contributed by atoms with E-state index in [2.05, 4.69) is 0 Å². The summed E-state index contributed by atoms with van der Waals surface area (Å²) < 4.78 is 160. The molecule has 41 heteroatoms. The topological polar surface area (TPSA) is 479 Å². The number of methoxy groups -OCH3 is 5. The average Bonchev–Trinajstić information content (AvgIpc) is 1.58. The quantitative estimate of drug-likeness (QED) is 0.0495. The Bertz CT molecular complexity index is 3630. The van der Waals surface area contributed by atoms with Crippen LogP contribution in [0.3, 0.4) is 0 Å². The van der Waals surface area contributed by atoms with Gasteiger partial charge < -0.3 is 164 Å². The van der Waals surface area contributed by atoms with Crippen molar-refractivity contribution in [3.63, 3.8) is 0 Å². The number of fused-ring (bicyclic) bond motifs is 4. The van der Waals surface area contributed by atoms with Crippen LogP contribution in [0.5, 0.6) is 23.0 Å². The van der Waals surface area contributed by atoms with E-state index in [1.165, 1.54) is 69.3 Å². The number of hydrogen-bond donors (Lipinski definition) is 8. The smallest absolute Gasteiger partial charge is 0.342 e. The summed E-state index contributed by atoms with van der Waals surface area (Å²) in [5.41, 5.74) is -3.54. The van der Waals surface area contributed by atoms with Gasteiger partial charge in [0.25, 0.3) is 11.5 Å². The molecule has 0 amide bonds. The molecular formula is C70H97Cl2NO38. The predicted octanol–water partition coefficient (Wildman–Crippen LogP) is 1.26. The van der Waals surface area contributed by atoms with Gasteiger partial charge in [-0.15, -0.1) is 0 Å². The molecule has 8 N–H and O–H groups in total. The van der Waals surface area contributed by atoms with E-state index in [0.29, 0.717) is 0 Å². The van der Waals surface area contributed by atoms with E-state index in [-0.39, 0.29) is 83.3 Å². The number of halogens is 2. The van der Waals surface area contributed by atoms with Crippen LogP contribution in [0.1, 0.15) is 99.6 Å². The zero-order valence-corrected chi connectivity index (χ0v) is 64.5. The van der Waals surface area contributed by atoms with Crippen molar-refractivity contribution in [2.75, 3.05) is 62.2 Å². The number of aromatic hydroxyl groups is 3. The summed E-state index contributed by atoms with van der Waals surface area (Å²) in [5, 5.41) is 104. The number of hydrogen-bond acceptors (Lipinski definition) is 38. The normalized spacial score (nSPS) is 45.6. The Hall–Kier alpha value is -4.56. The van der Waals surface area contributed by atoms with Crippen molar-refractivity contribution in [1.29, 1.82) is 0 Å². The second kappa shape index (κ2) is 33.1. The number of benzene rings is 2. The number of aryl methyl sites for hydroxylation is 1. The van der Waals surface area contributed by atoms with E-state index in [4.69, 9.17) is 146 Å². The summed E-state index contributed by atoms with van der Waals surface area (Å²) in [6.07, 6.45) is -40.9. The number of ether oxygens (including phenoxy) is 26. The molecule has 11 aliphatic rings. The molecule has 35 atom stereocenters. The number of rotatable bonds is 21. The molecule has 624 valence electrons. The minimum Gasteiger partial charge on any atom is -0.508 e. The first-order valence-corrected chi connectivity index (χ1v) is 37.1. The van der Waals surface area contributed by atoms with Crippen molar-refractivity contribution < 1.29 is 179 Å². The molecule has 39 nitrogen and oxygen atoms in total. The first-order valence-electron chi connectivity index (χ1n) is 36.3. The maximum Gasteiger partial charge on any atom is 0.342 e. The Balaban J connectivity index is 0.644. The molecule has 0 aromatic heterocycles. The van der Waals surface area contributed by atoms with Gasteiger partial charge in [-0.05, 0) is 72.6 Å². The predicted molar refractivity (Wildman–Crippen MR) is 363 cm³/mol. The lowest BCUT2D eigenvalue weighted by atomic mass is 9.85. The molecule has 11 saturated heterocycles. The van der Waals surface area contributed by atoms with Crippen molar-refractivity contribution in [2.24, 2.45) is 0 Å². The second-order valence-corrected chi connectivity index (χ2v) is 30.6. The van der Waals surface area contributed by atoms with Crippen molar-refractivity contribution in [2.45, 2.75) is 295 Å². The molecule has 1 unspecified atom stereocenters. The average molecular weight is 1630 g/mol. The first-order chi connectivity index (χ1) is 52.6. The van der Waals surface area contributed by atoms with E-state index < -0.39 is 248 Å². The van der Waals surface area contributed by atoms with Gasteiger partial charge in [-0.25, -0.2) is 9.59 Å². The number of nitro groups is 1. The molecule has 0 radical (unpaired) electrons. The summed E-state index contributed by atoms with van der Waals surface area (Å²) in [6.45, 7) is 12.7. The van der Waals surface area contributed by atoms with E-state index in [1.54, 1.807) is 34.6 Å². The van der Waals surface area contributed by atoms with Crippen molar-refractivity contribution >= 4 is 35.1 Å². The Kier molecular flexibility index (Phi) is 25.1. The van der Waals surface area contributed by atoms with Crippen molar-refractivity contribution in [1.82, 2.24) is 0 Å². The van der Waals surface area contributed by atoms with Gasteiger partial charge >= 0.3 is 17.9 Å². The van der Waals surface area contributed by atoms with Gasteiger partial charge in [-0.2, -0.15) is 0 Å². The lowest BCUT2D eigenvalue weighted by Gasteiger charge is -2.50. The number of aliphatic hydroxyl groups is 5. The molecule has 2 aromatic rings. The van der Waals surface area contributed by atoms with Crippen molar-refractivity contribution in [3.8, 4) is 23.0 Å². The lowest BCUT2D eigenvalue weighted by molar-refractivity contribution is -0.595. The number of phenols is 3. The molecule has 11 fully saturated rings. The maximum atomic E-state index is 14.3. The summed E-state index contributed by atoms with van der Waals surface area (Å²) >= 11 is 12.8.